The highest BCUT2D eigenvalue weighted by Crippen LogP contribution is 2.31. The van der Waals surface area contributed by atoms with Crippen LogP contribution < -0.4 is 9.47 Å². The maximum Gasteiger partial charge on any atom is 0.247 e. The zero-order valence-corrected chi connectivity index (χ0v) is 15.8. The molecule has 27 heavy (non-hydrogen) atoms. The molecule has 0 N–H and O–H groups in total. The average molecular weight is 366 g/mol. The van der Waals surface area contributed by atoms with Crippen LogP contribution in [0, 0.1) is 6.92 Å². The van der Waals surface area contributed by atoms with Gasteiger partial charge in [0.15, 0.2) is 0 Å². The molecule has 3 heterocycles. The number of para-hydroxylation sites is 1. The van der Waals surface area contributed by atoms with E-state index in [0.29, 0.717) is 12.5 Å². The molecule has 6 heteroatoms. The Kier molecular flexibility index (Phi) is 5.53. The van der Waals surface area contributed by atoms with Gasteiger partial charge in [-0.15, -0.1) is 0 Å². The Morgan fingerprint density at radius 2 is 1.89 bits per heavy atom. The molecule has 0 atom stereocenters. The van der Waals surface area contributed by atoms with Crippen LogP contribution in [0.2, 0.25) is 0 Å². The van der Waals surface area contributed by atoms with Gasteiger partial charge in [-0.1, -0.05) is 24.6 Å². The van der Waals surface area contributed by atoms with Crippen LogP contribution >= 0.6 is 0 Å². The normalized spacial score (nSPS) is 15.1. The van der Waals surface area contributed by atoms with Gasteiger partial charge in [-0.2, -0.15) is 10.1 Å². The summed E-state index contributed by atoms with van der Waals surface area (Å²) >= 11 is 0. The van der Waals surface area contributed by atoms with Crippen molar-refractivity contribution in [3.05, 3.63) is 48.4 Å². The fraction of sp³-hybridized carbons (Fsp3) is 0.429. The van der Waals surface area contributed by atoms with Gasteiger partial charge in [0.1, 0.15) is 23.3 Å². The van der Waals surface area contributed by atoms with Crippen LogP contribution in [0.1, 0.15) is 31.2 Å². The first kappa shape index (κ1) is 17.8. The number of fused-ring (bicyclic) bond motifs is 1. The van der Waals surface area contributed by atoms with Gasteiger partial charge >= 0.3 is 0 Å². The van der Waals surface area contributed by atoms with E-state index in [-0.39, 0.29) is 0 Å². The molecular formula is C21H26N4O2. The number of likely N-dealkylation sites (tertiary alicyclic amines) is 1. The molecule has 0 amide bonds. The third-order valence-corrected chi connectivity index (χ3v) is 5.03. The second-order valence-electron chi connectivity index (χ2n) is 7.00. The number of piperidine rings is 1. The quantitative estimate of drug-likeness (QED) is 0.590. The zero-order valence-electron chi connectivity index (χ0n) is 15.8. The van der Waals surface area contributed by atoms with Crippen LogP contribution in [0.3, 0.4) is 0 Å². The largest absolute Gasteiger partial charge is 0.492 e. The lowest BCUT2D eigenvalue weighted by atomic mass is 10.1. The molecule has 1 saturated heterocycles. The summed E-state index contributed by atoms with van der Waals surface area (Å²) in [6, 6.07) is 9.66. The Balaban J connectivity index is 1.43. The molecular weight excluding hydrogens is 340 g/mol. The van der Waals surface area contributed by atoms with Crippen molar-refractivity contribution in [1.29, 1.82) is 0 Å². The van der Waals surface area contributed by atoms with Crippen molar-refractivity contribution in [3.8, 4) is 17.4 Å². The number of ether oxygens (including phenoxy) is 2. The summed E-state index contributed by atoms with van der Waals surface area (Å²) in [5, 5.41) is 4.30. The first-order chi connectivity index (χ1) is 13.3. The molecule has 4 rings (SSSR count). The van der Waals surface area contributed by atoms with Crippen molar-refractivity contribution in [2.24, 2.45) is 0 Å². The highest BCUT2D eigenvalue weighted by molar-refractivity contribution is 5.67. The molecule has 1 aliphatic rings. The molecule has 0 spiro atoms. The summed E-state index contributed by atoms with van der Waals surface area (Å²) in [5.41, 5.74) is 1.84. The van der Waals surface area contributed by atoms with E-state index in [1.807, 2.05) is 43.5 Å². The fourth-order valence-corrected chi connectivity index (χ4v) is 3.58. The minimum atomic E-state index is 0.539. The molecule has 0 saturated carbocycles. The maximum absolute atomic E-state index is 6.05. The SMILES string of the molecule is Cc1c(OCCCN2CCCCC2)cn2ncnc(Oc3ccccc3)c12. The highest BCUT2D eigenvalue weighted by Gasteiger charge is 2.16. The first-order valence-electron chi connectivity index (χ1n) is 9.72. The number of nitrogens with zero attached hydrogens (tertiary/aromatic N) is 4. The van der Waals surface area contributed by atoms with Gasteiger partial charge in [0.05, 0.1) is 12.8 Å². The number of aryl methyl sites for hydroxylation is 1. The molecule has 1 fully saturated rings. The molecule has 0 aliphatic carbocycles. The molecule has 6 nitrogen and oxygen atoms in total. The number of hydrogen-bond donors (Lipinski definition) is 0. The third kappa shape index (κ3) is 4.22. The second kappa shape index (κ2) is 8.39. The van der Waals surface area contributed by atoms with Crippen molar-refractivity contribution in [2.75, 3.05) is 26.2 Å². The van der Waals surface area contributed by atoms with Gasteiger partial charge in [0.25, 0.3) is 0 Å². The van der Waals surface area contributed by atoms with E-state index >= 15 is 0 Å². The fourth-order valence-electron chi connectivity index (χ4n) is 3.58. The van der Waals surface area contributed by atoms with Crippen molar-refractivity contribution < 1.29 is 9.47 Å². The van der Waals surface area contributed by atoms with Crippen molar-refractivity contribution in [1.82, 2.24) is 19.5 Å². The smallest absolute Gasteiger partial charge is 0.247 e. The van der Waals surface area contributed by atoms with Gasteiger partial charge in [0.2, 0.25) is 5.88 Å². The van der Waals surface area contributed by atoms with Gasteiger partial charge < -0.3 is 14.4 Å². The minimum absolute atomic E-state index is 0.539. The van der Waals surface area contributed by atoms with E-state index in [4.69, 9.17) is 9.47 Å². The Labute approximate surface area is 159 Å². The van der Waals surface area contributed by atoms with Crippen LogP contribution in [-0.4, -0.2) is 45.7 Å². The average Bonchev–Trinajstić information content (AvgIpc) is 3.04. The van der Waals surface area contributed by atoms with Crippen LogP contribution in [0.5, 0.6) is 17.4 Å². The molecule has 142 valence electrons. The standard InChI is InChI=1S/C21H26N4O2/c1-17-19(26-14-8-13-24-11-6-3-7-12-24)15-25-20(17)21(22-16-23-25)27-18-9-4-2-5-10-18/h2,4-5,9-10,15-16H,3,6-8,11-14H2,1H3. The van der Waals surface area contributed by atoms with Gasteiger partial charge in [-0.05, 0) is 51.4 Å². The molecule has 3 aromatic rings. The molecule has 1 aromatic carbocycles. The van der Waals surface area contributed by atoms with Crippen molar-refractivity contribution in [2.45, 2.75) is 32.6 Å². The van der Waals surface area contributed by atoms with Crippen LogP contribution in [0.15, 0.2) is 42.9 Å². The Bertz CT molecular complexity index is 873. The summed E-state index contributed by atoms with van der Waals surface area (Å²) in [6.07, 6.45) is 8.47. The van der Waals surface area contributed by atoms with Crippen molar-refractivity contribution in [3.63, 3.8) is 0 Å². The van der Waals surface area contributed by atoms with E-state index in [9.17, 15) is 0 Å². The van der Waals surface area contributed by atoms with E-state index in [2.05, 4.69) is 15.0 Å². The van der Waals surface area contributed by atoms with Gasteiger partial charge in [-0.25, -0.2) is 4.52 Å². The maximum atomic E-state index is 6.05. The second-order valence-corrected chi connectivity index (χ2v) is 7.00. The Morgan fingerprint density at radius 1 is 1.07 bits per heavy atom. The Hall–Kier alpha value is -2.60. The number of aromatic nitrogens is 3. The molecule has 0 bridgehead atoms. The van der Waals surface area contributed by atoms with Crippen LogP contribution in [-0.2, 0) is 0 Å². The lowest BCUT2D eigenvalue weighted by molar-refractivity contribution is 0.204. The summed E-state index contributed by atoms with van der Waals surface area (Å²) in [7, 11) is 0. The Morgan fingerprint density at radius 3 is 2.70 bits per heavy atom. The lowest BCUT2D eigenvalue weighted by Crippen LogP contribution is -2.31. The van der Waals surface area contributed by atoms with E-state index in [1.165, 1.54) is 38.7 Å². The predicted octanol–water partition coefficient (Wildman–Crippen LogP) is 4.08. The molecule has 1 aliphatic heterocycles. The number of rotatable bonds is 7. The third-order valence-electron chi connectivity index (χ3n) is 5.03. The van der Waals surface area contributed by atoms with E-state index in [0.717, 1.165) is 35.5 Å². The zero-order chi connectivity index (χ0) is 18.5. The van der Waals surface area contributed by atoms with E-state index in [1.54, 1.807) is 4.52 Å². The summed E-state index contributed by atoms with van der Waals surface area (Å²) in [5.74, 6) is 2.13. The topological polar surface area (TPSA) is 51.9 Å². The summed E-state index contributed by atoms with van der Waals surface area (Å²) < 4.78 is 13.8. The minimum Gasteiger partial charge on any atom is -0.492 e. The van der Waals surface area contributed by atoms with Gasteiger partial charge in [0, 0.05) is 12.1 Å². The van der Waals surface area contributed by atoms with Crippen molar-refractivity contribution >= 4 is 5.52 Å². The summed E-state index contributed by atoms with van der Waals surface area (Å²) in [6.45, 7) is 6.29. The van der Waals surface area contributed by atoms with Crippen LogP contribution in [0.25, 0.3) is 5.52 Å². The number of benzene rings is 1. The van der Waals surface area contributed by atoms with Crippen LogP contribution in [0.4, 0.5) is 0 Å². The molecule has 0 unspecified atom stereocenters. The monoisotopic (exact) mass is 366 g/mol. The first-order valence-corrected chi connectivity index (χ1v) is 9.72. The summed E-state index contributed by atoms with van der Waals surface area (Å²) in [4.78, 5) is 6.85. The molecule has 2 aromatic heterocycles. The number of hydrogen-bond acceptors (Lipinski definition) is 5. The van der Waals surface area contributed by atoms with E-state index < -0.39 is 0 Å². The highest BCUT2D eigenvalue weighted by atomic mass is 16.5. The predicted molar refractivity (Wildman–Crippen MR) is 105 cm³/mol. The van der Waals surface area contributed by atoms with Gasteiger partial charge in [-0.3, -0.25) is 0 Å². The molecule has 0 radical (unpaired) electrons. The lowest BCUT2D eigenvalue weighted by Gasteiger charge is -2.26.